The molecule has 0 spiro atoms. The van der Waals surface area contributed by atoms with Crippen molar-refractivity contribution in [2.75, 3.05) is 0 Å². The lowest BCUT2D eigenvalue weighted by molar-refractivity contribution is 0.493. The molecule has 1 saturated carbocycles. The van der Waals surface area contributed by atoms with Gasteiger partial charge >= 0.3 is 0 Å². The van der Waals surface area contributed by atoms with Crippen molar-refractivity contribution in [3.05, 3.63) is 11.8 Å². The molecule has 0 amide bonds. The number of rotatable bonds is 2. The van der Waals surface area contributed by atoms with Gasteiger partial charge in [-0.3, -0.25) is 0 Å². The first-order chi connectivity index (χ1) is 5.55. The molecule has 1 rings (SSSR count). The van der Waals surface area contributed by atoms with Crippen LogP contribution >= 0.6 is 0 Å². The Morgan fingerprint density at radius 2 is 1.67 bits per heavy atom. The van der Waals surface area contributed by atoms with Crippen LogP contribution in [-0.2, 0) is 0 Å². The molecule has 0 nitrogen and oxygen atoms in total. The second kappa shape index (κ2) is 3.78. The van der Waals surface area contributed by atoms with E-state index in [1.54, 1.807) is 0 Å². The molecule has 70 valence electrons. The third-order valence-electron chi connectivity index (χ3n) is 3.73. The lowest BCUT2D eigenvalue weighted by atomic mass is 10.0. The molecule has 0 N–H and O–H groups in total. The molecule has 0 atom stereocenters. The van der Waals surface area contributed by atoms with Crippen molar-refractivity contribution in [3.8, 4) is 0 Å². The summed E-state index contributed by atoms with van der Waals surface area (Å²) in [7, 11) is -1.07. The summed E-state index contributed by atoms with van der Waals surface area (Å²) in [6.45, 7) is 11.4. The van der Waals surface area contributed by atoms with Crippen LogP contribution in [0, 0.1) is 0 Å². The van der Waals surface area contributed by atoms with Gasteiger partial charge in [0.15, 0.2) is 0 Å². The maximum atomic E-state index is 4.16. The zero-order chi connectivity index (χ0) is 9.19. The third-order valence-corrected chi connectivity index (χ3v) is 8.54. The Labute approximate surface area is 78.1 Å². The number of hydrogen-bond acceptors (Lipinski definition) is 0. The minimum atomic E-state index is -1.07. The molecular formula is C11H22Si. The summed E-state index contributed by atoms with van der Waals surface area (Å²) in [4.78, 5) is 0. The molecular weight excluding hydrogens is 160 g/mol. The van der Waals surface area contributed by atoms with Gasteiger partial charge in [-0.15, -0.1) is 6.58 Å². The first kappa shape index (κ1) is 10.0. The van der Waals surface area contributed by atoms with Gasteiger partial charge in [-0.05, 0) is 12.5 Å². The fourth-order valence-electron chi connectivity index (χ4n) is 2.17. The van der Waals surface area contributed by atoms with Gasteiger partial charge in [0, 0.05) is 0 Å². The highest BCUT2D eigenvalue weighted by Gasteiger charge is 2.32. The Balaban J connectivity index is 2.59. The first-order valence-electron chi connectivity index (χ1n) is 5.21. The second-order valence-electron chi connectivity index (χ2n) is 4.84. The average molecular weight is 182 g/mol. The predicted octanol–water partition coefficient (Wildman–Crippen LogP) is 4.14. The van der Waals surface area contributed by atoms with Gasteiger partial charge in [0.05, 0.1) is 8.07 Å². The Bertz CT molecular complexity index is 164. The van der Waals surface area contributed by atoms with Gasteiger partial charge < -0.3 is 0 Å². The lowest BCUT2D eigenvalue weighted by Crippen LogP contribution is -2.35. The van der Waals surface area contributed by atoms with Gasteiger partial charge in [0.25, 0.3) is 0 Å². The molecule has 0 aromatic rings. The zero-order valence-corrected chi connectivity index (χ0v) is 9.82. The van der Waals surface area contributed by atoms with Crippen LogP contribution in [0.1, 0.15) is 39.0 Å². The van der Waals surface area contributed by atoms with Crippen molar-refractivity contribution in [3.63, 3.8) is 0 Å². The van der Waals surface area contributed by atoms with E-state index in [1.807, 2.05) is 0 Å². The van der Waals surface area contributed by atoms with E-state index in [0.29, 0.717) is 0 Å². The Kier molecular flexibility index (Phi) is 3.16. The molecule has 0 aromatic heterocycles. The standard InChI is InChI=1S/C11H22Si/c1-10(2)12(3,4)11-8-6-5-7-9-11/h11H,1,5-9H2,2-4H3. The number of allylic oxidation sites excluding steroid dienone is 1. The fraction of sp³-hybridized carbons (Fsp3) is 0.818. The minimum absolute atomic E-state index is 1.03. The van der Waals surface area contributed by atoms with Crippen molar-refractivity contribution < 1.29 is 0 Å². The van der Waals surface area contributed by atoms with E-state index in [0.717, 1.165) is 5.54 Å². The molecule has 1 aliphatic rings. The van der Waals surface area contributed by atoms with Crippen LogP contribution in [0.4, 0.5) is 0 Å². The van der Waals surface area contributed by atoms with Crippen LogP contribution in [-0.4, -0.2) is 8.07 Å². The van der Waals surface area contributed by atoms with E-state index >= 15 is 0 Å². The molecule has 0 unspecified atom stereocenters. The fourth-order valence-corrected chi connectivity index (χ4v) is 4.72. The molecule has 0 aromatic carbocycles. The SMILES string of the molecule is C=C(C)[Si](C)(C)C1CCCCC1. The largest absolute Gasteiger partial charge is 0.104 e. The molecule has 1 fully saturated rings. The van der Waals surface area contributed by atoms with E-state index in [9.17, 15) is 0 Å². The molecule has 0 aliphatic heterocycles. The summed E-state index contributed by atoms with van der Waals surface area (Å²) < 4.78 is 0. The Morgan fingerprint density at radius 1 is 1.17 bits per heavy atom. The maximum Gasteiger partial charge on any atom is 0.0773 e. The van der Waals surface area contributed by atoms with Gasteiger partial charge in [-0.1, -0.05) is 50.4 Å². The predicted molar refractivity (Wildman–Crippen MR) is 59.1 cm³/mol. The summed E-state index contributed by atoms with van der Waals surface area (Å²) in [6, 6.07) is 0. The zero-order valence-electron chi connectivity index (χ0n) is 8.82. The highest BCUT2D eigenvalue weighted by molar-refractivity contribution is 6.85. The highest BCUT2D eigenvalue weighted by atomic mass is 28.3. The normalized spacial score (nSPS) is 20.9. The van der Waals surface area contributed by atoms with Crippen molar-refractivity contribution in [2.24, 2.45) is 0 Å². The summed E-state index contributed by atoms with van der Waals surface area (Å²) in [5.41, 5.74) is 1.03. The maximum absolute atomic E-state index is 4.16. The monoisotopic (exact) mass is 182 g/mol. The van der Waals surface area contributed by atoms with E-state index in [2.05, 4.69) is 26.6 Å². The summed E-state index contributed by atoms with van der Waals surface area (Å²) >= 11 is 0. The molecule has 0 saturated heterocycles. The Hall–Kier alpha value is -0.0431. The summed E-state index contributed by atoms with van der Waals surface area (Å²) in [6.07, 6.45) is 7.36. The molecule has 1 aliphatic carbocycles. The van der Waals surface area contributed by atoms with Crippen LogP contribution in [0.25, 0.3) is 0 Å². The van der Waals surface area contributed by atoms with E-state index in [4.69, 9.17) is 0 Å². The van der Waals surface area contributed by atoms with Gasteiger partial charge in [0.1, 0.15) is 0 Å². The smallest absolute Gasteiger partial charge is 0.0773 e. The molecule has 0 bridgehead atoms. The summed E-state index contributed by atoms with van der Waals surface area (Å²) in [5.74, 6) is 0. The first-order valence-corrected chi connectivity index (χ1v) is 8.29. The van der Waals surface area contributed by atoms with Gasteiger partial charge in [-0.25, -0.2) is 0 Å². The minimum Gasteiger partial charge on any atom is -0.104 e. The number of hydrogen-bond donors (Lipinski definition) is 0. The topological polar surface area (TPSA) is 0 Å². The van der Waals surface area contributed by atoms with Gasteiger partial charge in [-0.2, -0.15) is 0 Å². The van der Waals surface area contributed by atoms with E-state index < -0.39 is 8.07 Å². The van der Waals surface area contributed by atoms with Gasteiger partial charge in [0.2, 0.25) is 0 Å². The third kappa shape index (κ3) is 2.01. The van der Waals surface area contributed by atoms with Crippen LogP contribution in [0.15, 0.2) is 11.8 Å². The molecule has 12 heavy (non-hydrogen) atoms. The van der Waals surface area contributed by atoms with E-state index in [1.165, 1.54) is 37.3 Å². The van der Waals surface area contributed by atoms with Crippen LogP contribution in [0.3, 0.4) is 0 Å². The van der Waals surface area contributed by atoms with E-state index in [-0.39, 0.29) is 0 Å². The second-order valence-corrected chi connectivity index (χ2v) is 9.95. The average Bonchev–Trinajstić information content (AvgIpc) is 2.06. The van der Waals surface area contributed by atoms with Crippen LogP contribution in [0.5, 0.6) is 0 Å². The lowest BCUT2D eigenvalue weighted by Gasteiger charge is -2.35. The van der Waals surface area contributed by atoms with Crippen LogP contribution in [0.2, 0.25) is 18.6 Å². The molecule has 0 radical (unpaired) electrons. The highest BCUT2D eigenvalue weighted by Crippen LogP contribution is 2.39. The van der Waals surface area contributed by atoms with Crippen LogP contribution < -0.4 is 0 Å². The molecule has 1 heteroatoms. The van der Waals surface area contributed by atoms with Crippen molar-refractivity contribution in [2.45, 2.75) is 57.7 Å². The quantitative estimate of drug-likeness (QED) is 0.563. The van der Waals surface area contributed by atoms with Crippen molar-refractivity contribution >= 4 is 8.07 Å². The molecule has 0 heterocycles. The summed E-state index contributed by atoms with van der Waals surface area (Å²) in [5, 5.41) is 1.49. The van der Waals surface area contributed by atoms with Crippen molar-refractivity contribution in [1.82, 2.24) is 0 Å². The Morgan fingerprint density at radius 3 is 2.08 bits per heavy atom. The van der Waals surface area contributed by atoms with Crippen molar-refractivity contribution in [1.29, 1.82) is 0 Å².